The van der Waals surface area contributed by atoms with E-state index in [9.17, 15) is 9.90 Å². The fourth-order valence-electron chi connectivity index (χ4n) is 1.95. The fraction of sp³-hybridized carbons (Fsp3) is 0.417. The number of amides is 1. The van der Waals surface area contributed by atoms with Gasteiger partial charge in [0, 0.05) is 10.2 Å². The summed E-state index contributed by atoms with van der Waals surface area (Å²) in [5, 5.41) is 12.2. The molecule has 1 saturated carbocycles. The van der Waals surface area contributed by atoms with E-state index in [-0.39, 0.29) is 12.5 Å². The van der Waals surface area contributed by atoms with Crippen molar-refractivity contribution in [3.8, 4) is 0 Å². The van der Waals surface area contributed by atoms with Crippen molar-refractivity contribution in [2.45, 2.75) is 24.8 Å². The molecule has 0 spiro atoms. The zero-order valence-electron chi connectivity index (χ0n) is 9.37. The quantitative estimate of drug-likeness (QED) is 0.743. The van der Waals surface area contributed by atoms with E-state index in [2.05, 4.69) is 21.2 Å². The third-order valence-corrected chi connectivity index (χ3v) is 3.92. The Labute approximate surface area is 108 Å². The van der Waals surface area contributed by atoms with E-state index in [0.29, 0.717) is 15.7 Å². The van der Waals surface area contributed by atoms with Crippen molar-refractivity contribution >= 4 is 27.5 Å². The van der Waals surface area contributed by atoms with Crippen LogP contribution in [0.3, 0.4) is 0 Å². The Balaban J connectivity index is 2.17. The Hall–Kier alpha value is -1.07. The van der Waals surface area contributed by atoms with Crippen molar-refractivity contribution < 1.29 is 9.90 Å². The third-order valence-electron chi connectivity index (χ3n) is 3.23. The highest BCUT2D eigenvalue weighted by Gasteiger charge is 2.38. The van der Waals surface area contributed by atoms with Gasteiger partial charge in [-0.3, -0.25) is 4.79 Å². The predicted octanol–water partition coefficient (Wildman–Crippen LogP) is 1.68. The number of carbonyl (C=O) groups excluding carboxylic acids is 1. The lowest BCUT2D eigenvalue weighted by Crippen LogP contribution is -2.56. The summed E-state index contributed by atoms with van der Waals surface area (Å²) in [4.78, 5) is 12.1. The highest BCUT2D eigenvalue weighted by molar-refractivity contribution is 9.10. The van der Waals surface area contributed by atoms with Crippen LogP contribution >= 0.6 is 15.9 Å². The van der Waals surface area contributed by atoms with Crippen molar-refractivity contribution in [1.82, 2.24) is 5.32 Å². The highest BCUT2D eigenvalue weighted by atomic mass is 79.9. The molecule has 1 fully saturated rings. The molecule has 2 rings (SSSR count). The van der Waals surface area contributed by atoms with Crippen LogP contribution in [0.2, 0.25) is 0 Å². The molecule has 92 valence electrons. The summed E-state index contributed by atoms with van der Waals surface area (Å²) >= 11 is 3.32. The highest BCUT2D eigenvalue weighted by Crippen LogP contribution is 2.32. The summed E-state index contributed by atoms with van der Waals surface area (Å²) in [6.45, 7) is -0.0152. The van der Waals surface area contributed by atoms with Gasteiger partial charge in [0.2, 0.25) is 0 Å². The molecule has 0 bridgehead atoms. The minimum atomic E-state index is -0.429. The summed E-state index contributed by atoms with van der Waals surface area (Å²) < 4.78 is 0.705. The van der Waals surface area contributed by atoms with E-state index in [0.717, 1.165) is 19.3 Å². The fourth-order valence-corrected chi connectivity index (χ4v) is 2.38. The lowest BCUT2D eigenvalue weighted by atomic mass is 9.77. The van der Waals surface area contributed by atoms with Crippen molar-refractivity contribution in [2.24, 2.45) is 0 Å². The molecular weight excluding hydrogens is 284 g/mol. The van der Waals surface area contributed by atoms with Crippen molar-refractivity contribution in [2.75, 3.05) is 12.3 Å². The van der Waals surface area contributed by atoms with E-state index in [1.165, 1.54) is 0 Å². The molecule has 0 atom stereocenters. The van der Waals surface area contributed by atoms with Crippen LogP contribution < -0.4 is 11.1 Å². The van der Waals surface area contributed by atoms with Crippen LogP contribution in [0.25, 0.3) is 0 Å². The second-order valence-corrected chi connectivity index (χ2v) is 5.34. The van der Waals surface area contributed by atoms with E-state index in [4.69, 9.17) is 5.73 Å². The number of carbonyl (C=O) groups is 1. The maximum Gasteiger partial charge on any atom is 0.253 e. The number of nitrogens with two attached hydrogens (primary N) is 1. The minimum absolute atomic E-state index is 0.0152. The summed E-state index contributed by atoms with van der Waals surface area (Å²) in [5.41, 5.74) is 6.28. The van der Waals surface area contributed by atoms with Gasteiger partial charge >= 0.3 is 0 Å². The number of aliphatic hydroxyl groups is 1. The summed E-state index contributed by atoms with van der Waals surface area (Å²) in [6.07, 6.45) is 2.70. The number of nitrogens with one attached hydrogen (secondary N) is 1. The van der Waals surface area contributed by atoms with Gasteiger partial charge in [-0.2, -0.15) is 0 Å². The molecule has 1 amide bonds. The Morgan fingerprint density at radius 2 is 2.24 bits per heavy atom. The molecule has 1 aliphatic carbocycles. The molecule has 0 aromatic heterocycles. The zero-order valence-corrected chi connectivity index (χ0v) is 11.0. The Morgan fingerprint density at radius 3 is 2.76 bits per heavy atom. The maximum atomic E-state index is 12.1. The Morgan fingerprint density at radius 1 is 1.53 bits per heavy atom. The summed E-state index contributed by atoms with van der Waals surface area (Å²) in [5.74, 6) is -0.196. The zero-order chi connectivity index (χ0) is 12.5. The van der Waals surface area contributed by atoms with Gasteiger partial charge in [0.1, 0.15) is 0 Å². The Bertz CT molecular complexity index is 439. The summed E-state index contributed by atoms with van der Waals surface area (Å²) in [7, 11) is 0. The molecule has 0 unspecified atom stereocenters. The maximum absolute atomic E-state index is 12.1. The molecule has 4 nitrogen and oxygen atoms in total. The largest absolute Gasteiger partial charge is 0.399 e. The molecular formula is C12H15BrN2O2. The minimum Gasteiger partial charge on any atom is -0.399 e. The van der Waals surface area contributed by atoms with Crippen LogP contribution in [0.4, 0.5) is 5.69 Å². The monoisotopic (exact) mass is 298 g/mol. The van der Waals surface area contributed by atoms with Crippen LogP contribution in [0.1, 0.15) is 29.6 Å². The number of aliphatic hydroxyl groups excluding tert-OH is 1. The van der Waals surface area contributed by atoms with E-state index in [1.54, 1.807) is 18.2 Å². The number of halogens is 1. The standard InChI is InChI=1S/C12H15BrN2O2/c13-10-3-2-8(14)6-9(10)11(17)15-12(7-16)4-1-5-12/h2-3,6,16H,1,4-5,7,14H2,(H,15,17). The molecule has 0 heterocycles. The third kappa shape index (κ3) is 2.45. The molecule has 5 heteroatoms. The molecule has 0 aliphatic heterocycles. The van der Waals surface area contributed by atoms with Crippen LogP contribution in [0, 0.1) is 0 Å². The number of hydrogen-bond acceptors (Lipinski definition) is 3. The summed E-state index contributed by atoms with van der Waals surface area (Å²) in [6, 6.07) is 5.10. The SMILES string of the molecule is Nc1ccc(Br)c(C(=O)NC2(CO)CCC2)c1. The lowest BCUT2D eigenvalue weighted by Gasteiger charge is -2.41. The van der Waals surface area contributed by atoms with Gasteiger partial charge in [0.05, 0.1) is 17.7 Å². The number of anilines is 1. The topological polar surface area (TPSA) is 75.4 Å². The number of hydrogen-bond donors (Lipinski definition) is 3. The number of nitrogen functional groups attached to an aromatic ring is 1. The second-order valence-electron chi connectivity index (χ2n) is 4.49. The van der Waals surface area contributed by atoms with Crippen LogP contribution in [0.5, 0.6) is 0 Å². The number of benzene rings is 1. The molecule has 1 aromatic rings. The van der Waals surface area contributed by atoms with Gasteiger partial charge in [0.25, 0.3) is 5.91 Å². The van der Waals surface area contributed by atoms with Gasteiger partial charge in [-0.25, -0.2) is 0 Å². The first-order chi connectivity index (χ1) is 8.06. The molecule has 4 N–H and O–H groups in total. The van der Waals surface area contributed by atoms with Gasteiger partial charge in [-0.1, -0.05) is 0 Å². The van der Waals surface area contributed by atoms with Crippen LogP contribution in [0.15, 0.2) is 22.7 Å². The van der Waals surface area contributed by atoms with E-state index in [1.807, 2.05) is 0 Å². The normalized spacial score (nSPS) is 17.3. The lowest BCUT2D eigenvalue weighted by molar-refractivity contribution is 0.0641. The van der Waals surface area contributed by atoms with Gasteiger partial charge in [0.15, 0.2) is 0 Å². The average molecular weight is 299 g/mol. The predicted molar refractivity (Wildman–Crippen MR) is 69.7 cm³/mol. The van der Waals surface area contributed by atoms with Crippen molar-refractivity contribution in [3.63, 3.8) is 0 Å². The van der Waals surface area contributed by atoms with Gasteiger partial charge in [-0.05, 0) is 53.4 Å². The van der Waals surface area contributed by atoms with Crippen LogP contribution in [-0.4, -0.2) is 23.2 Å². The van der Waals surface area contributed by atoms with Crippen LogP contribution in [-0.2, 0) is 0 Å². The first-order valence-electron chi connectivity index (χ1n) is 5.55. The molecule has 0 radical (unpaired) electrons. The number of rotatable bonds is 3. The van der Waals surface area contributed by atoms with Crippen molar-refractivity contribution in [3.05, 3.63) is 28.2 Å². The van der Waals surface area contributed by atoms with Gasteiger partial charge < -0.3 is 16.2 Å². The molecule has 1 aromatic carbocycles. The first kappa shape index (κ1) is 12.4. The first-order valence-corrected chi connectivity index (χ1v) is 6.34. The van der Waals surface area contributed by atoms with E-state index < -0.39 is 5.54 Å². The van der Waals surface area contributed by atoms with Gasteiger partial charge in [-0.15, -0.1) is 0 Å². The molecule has 0 saturated heterocycles. The second kappa shape index (κ2) is 4.66. The molecule has 17 heavy (non-hydrogen) atoms. The Kier molecular flexibility index (Phi) is 3.40. The van der Waals surface area contributed by atoms with Crippen molar-refractivity contribution in [1.29, 1.82) is 0 Å². The van der Waals surface area contributed by atoms with E-state index >= 15 is 0 Å². The molecule has 1 aliphatic rings. The smallest absolute Gasteiger partial charge is 0.253 e. The average Bonchev–Trinajstić information content (AvgIpc) is 2.26.